The van der Waals surface area contributed by atoms with Gasteiger partial charge in [-0.1, -0.05) is 9.39 Å². The lowest BCUT2D eigenvalue weighted by molar-refractivity contribution is -0.127. The Hall–Kier alpha value is -0.550. The van der Waals surface area contributed by atoms with Crippen LogP contribution in [0.5, 0.6) is 0 Å². The first-order chi connectivity index (χ1) is 7.02. The van der Waals surface area contributed by atoms with Crippen molar-refractivity contribution in [1.29, 1.82) is 0 Å². The first-order valence-corrected chi connectivity index (χ1v) is 5.23. The normalized spacial score (nSPS) is 16.5. The van der Waals surface area contributed by atoms with Crippen molar-refractivity contribution in [3.8, 4) is 0 Å². The van der Waals surface area contributed by atoms with Crippen LogP contribution in [0.15, 0.2) is 0 Å². The van der Waals surface area contributed by atoms with Gasteiger partial charge >= 0.3 is 0 Å². The van der Waals surface area contributed by atoms with Gasteiger partial charge in [0.25, 0.3) is 0 Å². The van der Waals surface area contributed by atoms with Crippen LogP contribution in [0.1, 0.15) is 13.3 Å². The molecule has 0 fully saturated rings. The maximum absolute atomic E-state index is 11.3. The van der Waals surface area contributed by atoms with Crippen molar-refractivity contribution in [3.05, 3.63) is 0 Å². The zero-order valence-electron chi connectivity index (χ0n) is 8.64. The number of aldehydes is 1. The lowest BCUT2D eigenvalue weighted by Crippen LogP contribution is -2.51. The third-order valence-corrected chi connectivity index (χ3v) is 2.20. The highest BCUT2D eigenvalue weighted by molar-refractivity contribution is 7.13. The van der Waals surface area contributed by atoms with Crippen LogP contribution in [-0.2, 0) is 9.59 Å². The molecule has 0 aliphatic rings. The minimum atomic E-state index is -1.00. The van der Waals surface area contributed by atoms with E-state index < -0.39 is 24.1 Å². The quantitative estimate of drug-likeness (QED) is 0.306. The molecule has 15 heavy (non-hydrogen) atoms. The van der Waals surface area contributed by atoms with Crippen LogP contribution in [0.25, 0.3) is 0 Å². The number of carbonyl (C=O) groups is 2. The summed E-state index contributed by atoms with van der Waals surface area (Å²) in [6.07, 6.45) is 0.192. The van der Waals surface area contributed by atoms with Crippen molar-refractivity contribution in [2.75, 3.05) is 6.54 Å². The van der Waals surface area contributed by atoms with Crippen molar-refractivity contribution < 1.29 is 14.7 Å². The molecule has 0 aliphatic heterocycles. The summed E-state index contributed by atoms with van der Waals surface area (Å²) in [5, 5.41) is 14.3. The van der Waals surface area contributed by atoms with E-state index in [1.54, 1.807) is 0 Å². The molecular formula is C8H18N3O3P. The Balaban J connectivity index is 4.06. The largest absolute Gasteiger partial charge is 0.391 e. The second kappa shape index (κ2) is 7.70. The number of amides is 1. The van der Waals surface area contributed by atoms with E-state index in [-0.39, 0.29) is 0 Å². The van der Waals surface area contributed by atoms with Crippen molar-refractivity contribution in [2.45, 2.75) is 31.5 Å². The summed E-state index contributed by atoms with van der Waals surface area (Å²) >= 11 is 0. The molecule has 0 saturated heterocycles. The number of aliphatic hydroxyl groups is 1. The topological polar surface area (TPSA) is 104 Å². The maximum Gasteiger partial charge on any atom is 0.240 e. The van der Waals surface area contributed by atoms with E-state index in [0.717, 1.165) is 0 Å². The summed E-state index contributed by atoms with van der Waals surface area (Å²) in [6.45, 7) is 2.00. The molecule has 0 aromatic heterocycles. The van der Waals surface area contributed by atoms with Gasteiger partial charge in [-0.05, 0) is 13.3 Å². The Bertz CT molecular complexity index is 213. The fraction of sp³-hybridized carbons (Fsp3) is 0.750. The van der Waals surface area contributed by atoms with Gasteiger partial charge in [0.15, 0.2) is 0 Å². The SMILES string of the molecule is CC(O)C(N)C(=O)NC(C=O)CCNP. The van der Waals surface area contributed by atoms with Gasteiger partial charge in [-0.15, -0.1) is 0 Å². The molecule has 0 rings (SSSR count). The van der Waals surface area contributed by atoms with E-state index in [2.05, 4.69) is 19.8 Å². The van der Waals surface area contributed by atoms with E-state index in [4.69, 9.17) is 10.8 Å². The van der Waals surface area contributed by atoms with Gasteiger partial charge in [0, 0.05) is 6.54 Å². The molecule has 7 heteroatoms. The molecule has 4 atom stereocenters. The Labute approximate surface area is 91.2 Å². The summed E-state index contributed by atoms with van der Waals surface area (Å²) in [4.78, 5) is 21.9. The van der Waals surface area contributed by atoms with Crippen molar-refractivity contribution in [3.63, 3.8) is 0 Å². The molecule has 5 N–H and O–H groups in total. The third-order valence-electron chi connectivity index (χ3n) is 1.91. The second-order valence-electron chi connectivity index (χ2n) is 3.26. The molecule has 0 aromatic carbocycles. The van der Waals surface area contributed by atoms with E-state index in [1.807, 2.05) is 0 Å². The highest BCUT2D eigenvalue weighted by Crippen LogP contribution is 1.93. The van der Waals surface area contributed by atoms with E-state index >= 15 is 0 Å². The van der Waals surface area contributed by atoms with E-state index in [0.29, 0.717) is 19.3 Å². The standard InChI is InChI=1S/C8H18N3O3P/c1-5(13)7(9)8(14)11-6(4-12)2-3-10-15/h4-7,10,13H,2-3,9,15H2,1H3,(H,11,14). The van der Waals surface area contributed by atoms with Crippen LogP contribution >= 0.6 is 9.39 Å². The Morgan fingerprint density at radius 3 is 2.67 bits per heavy atom. The van der Waals surface area contributed by atoms with Crippen LogP contribution in [0.3, 0.4) is 0 Å². The zero-order chi connectivity index (χ0) is 11.8. The summed E-state index contributed by atoms with van der Waals surface area (Å²) in [7, 11) is 2.30. The number of rotatable bonds is 7. The van der Waals surface area contributed by atoms with Gasteiger partial charge in [0.05, 0.1) is 12.1 Å². The third kappa shape index (κ3) is 5.79. The number of hydrogen-bond donors (Lipinski definition) is 4. The smallest absolute Gasteiger partial charge is 0.240 e. The van der Waals surface area contributed by atoms with Crippen LogP contribution in [0.4, 0.5) is 0 Å². The van der Waals surface area contributed by atoms with Crippen molar-refractivity contribution in [2.24, 2.45) is 5.73 Å². The summed E-state index contributed by atoms with van der Waals surface area (Å²) in [5.74, 6) is -0.522. The minimum Gasteiger partial charge on any atom is -0.391 e. The highest BCUT2D eigenvalue weighted by Gasteiger charge is 2.21. The molecule has 0 aliphatic carbocycles. The van der Waals surface area contributed by atoms with Gasteiger partial charge in [0.1, 0.15) is 12.3 Å². The average molecular weight is 235 g/mol. The maximum atomic E-state index is 11.3. The monoisotopic (exact) mass is 235 g/mol. The second-order valence-corrected chi connectivity index (χ2v) is 3.67. The van der Waals surface area contributed by atoms with Gasteiger partial charge in [0.2, 0.25) is 5.91 Å². The highest BCUT2D eigenvalue weighted by atomic mass is 31.0. The molecule has 4 unspecified atom stereocenters. The summed E-state index contributed by atoms with van der Waals surface area (Å²) in [5.41, 5.74) is 5.39. The fourth-order valence-corrected chi connectivity index (χ4v) is 1.08. The minimum absolute atomic E-state index is 0.477. The number of nitrogens with one attached hydrogen (secondary N) is 2. The molecule has 0 spiro atoms. The Kier molecular flexibility index (Phi) is 7.42. The van der Waals surface area contributed by atoms with Gasteiger partial charge in [-0.25, -0.2) is 0 Å². The number of carbonyl (C=O) groups excluding carboxylic acids is 2. The number of aliphatic hydroxyl groups excluding tert-OH is 1. The van der Waals surface area contributed by atoms with Crippen LogP contribution in [0.2, 0.25) is 0 Å². The first kappa shape index (κ1) is 14.5. The van der Waals surface area contributed by atoms with Crippen molar-refractivity contribution in [1.82, 2.24) is 10.4 Å². The molecule has 1 amide bonds. The number of nitrogens with two attached hydrogens (primary N) is 1. The van der Waals surface area contributed by atoms with Gasteiger partial charge in [-0.3, -0.25) is 4.79 Å². The van der Waals surface area contributed by atoms with E-state index in [9.17, 15) is 9.59 Å². The lowest BCUT2D eigenvalue weighted by atomic mass is 10.1. The molecule has 0 aromatic rings. The molecule has 88 valence electrons. The molecule has 0 heterocycles. The lowest BCUT2D eigenvalue weighted by Gasteiger charge is -2.18. The van der Waals surface area contributed by atoms with Crippen LogP contribution < -0.4 is 16.1 Å². The summed E-state index contributed by atoms with van der Waals surface area (Å²) in [6, 6.07) is -1.58. The summed E-state index contributed by atoms with van der Waals surface area (Å²) < 4.78 is 0. The predicted octanol–water partition coefficient (Wildman–Crippen LogP) is -1.85. The van der Waals surface area contributed by atoms with Crippen LogP contribution in [0, 0.1) is 0 Å². The zero-order valence-corrected chi connectivity index (χ0v) is 9.80. The van der Waals surface area contributed by atoms with Crippen LogP contribution in [-0.4, -0.2) is 42.0 Å². The Morgan fingerprint density at radius 1 is 1.67 bits per heavy atom. The van der Waals surface area contributed by atoms with Gasteiger partial charge in [-0.2, -0.15) is 0 Å². The molecule has 0 radical (unpaired) electrons. The predicted molar refractivity (Wildman–Crippen MR) is 60.0 cm³/mol. The molecule has 0 bridgehead atoms. The van der Waals surface area contributed by atoms with Crippen molar-refractivity contribution >= 4 is 21.6 Å². The number of hydrogen-bond acceptors (Lipinski definition) is 5. The fourth-order valence-electron chi connectivity index (χ4n) is 0.911. The van der Waals surface area contributed by atoms with E-state index in [1.165, 1.54) is 6.92 Å². The Morgan fingerprint density at radius 2 is 2.27 bits per heavy atom. The molecule has 0 saturated carbocycles. The molecule has 6 nitrogen and oxygen atoms in total. The van der Waals surface area contributed by atoms with Gasteiger partial charge < -0.3 is 26.0 Å². The average Bonchev–Trinajstić information content (AvgIpc) is 2.22. The molecular weight excluding hydrogens is 217 g/mol. The first-order valence-electron chi connectivity index (χ1n) is 4.65.